The van der Waals surface area contributed by atoms with Crippen LogP contribution < -0.4 is 10.4 Å². The number of carbonyl (C=O) groups is 1. The van der Waals surface area contributed by atoms with Crippen LogP contribution in [0.3, 0.4) is 0 Å². The van der Waals surface area contributed by atoms with Crippen molar-refractivity contribution < 1.29 is 23.6 Å². The van der Waals surface area contributed by atoms with Gasteiger partial charge < -0.3 is 10.4 Å². The third-order valence-electron chi connectivity index (χ3n) is 2.82. The second-order valence-corrected chi connectivity index (χ2v) is 4.39. The number of nitrogens with zero attached hydrogens (tertiary/aromatic N) is 1. The molecule has 0 fully saturated rings. The molecule has 0 saturated carbocycles. The normalized spacial score (nSPS) is 10.3. The lowest BCUT2D eigenvalue weighted by Gasteiger charge is -2.13. The summed E-state index contributed by atoms with van der Waals surface area (Å²) < 4.78 is 26.0. The Labute approximate surface area is 123 Å². The Kier molecular flexibility index (Phi) is 4.31. The molecule has 0 saturated heterocycles. The number of nitro groups is 1. The Morgan fingerprint density at radius 1 is 1.14 bits per heavy atom. The molecular weight excluding hydrogens is 298 g/mol. The van der Waals surface area contributed by atoms with E-state index in [2.05, 4.69) is 5.32 Å². The van der Waals surface area contributed by atoms with E-state index < -0.39 is 28.2 Å². The van der Waals surface area contributed by atoms with Gasteiger partial charge in [0.2, 0.25) is 0 Å². The number of carbonyl (C=O) groups excluding carboxylic acids is 1. The van der Waals surface area contributed by atoms with Crippen LogP contribution in [0, 0.1) is 21.7 Å². The van der Waals surface area contributed by atoms with Crippen molar-refractivity contribution >= 4 is 11.6 Å². The van der Waals surface area contributed by atoms with Gasteiger partial charge in [-0.2, -0.15) is 0 Å². The van der Waals surface area contributed by atoms with Gasteiger partial charge in [0.1, 0.15) is 11.6 Å². The van der Waals surface area contributed by atoms with E-state index >= 15 is 0 Å². The van der Waals surface area contributed by atoms with E-state index in [-0.39, 0.29) is 23.4 Å². The Balaban J connectivity index is 2.14. The number of nitro benzene ring substituents is 1. The van der Waals surface area contributed by atoms with Crippen molar-refractivity contribution in [1.82, 2.24) is 5.32 Å². The fourth-order valence-electron chi connectivity index (χ4n) is 1.78. The predicted octanol–water partition coefficient (Wildman–Crippen LogP) is 1.88. The quantitative estimate of drug-likeness (QED) is 0.689. The Morgan fingerprint density at radius 2 is 1.77 bits per heavy atom. The molecule has 6 nitrogen and oxygen atoms in total. The molecule has 0 spiro atoms. The van der Waals surface area contributed by atoms with Gasteiger partial charge in [-0.1, -0.05) is 6.07 Å². The maximum Gasteiger partial charge on any atom is 0.269 e. The summed E-state index contributed by atoms with van der Waals surface area (Å²) in [5, 5.41) is 24.5. The second-order valence-electron chi connectivity index (χ2n) is 4.39. The fraction of sp³-hybridized carbons (Fsp3) is 0.0714. The molecule has 0 bridgehead atoms. The van der Waals surface area contributed by atoms with Crippen molar-refractivity contribution in [3.8, 4) is 5.75 Å². The molecule has 114 valence electrons. The van der Waals surface area contributed by atoms with Crippen LogP contribution in [0.4, 0.5) is 14.5 Å². The molecule has 0 heterocycles. The lowest BCUT2D eigenvalue weighted by atomic mass is 10.1. The highest BCUT2D eigenvalue weighted by atomic mass is 19.1. The van der Waals surface area contributed by atoms with Crippen molar-refractivity contribution in [3.63, 3.8) is 0 Å². The van der Waals surface area contributed by atoms with Gasteiger partial charge in [0.05, 0.1) is 4.92 Å². The Morgan fingerprint density at radius 3 is 2.36 bits per heavy atom. The molecule has 0 aromatic heterocycles. The standard InChI is InChI=1S/C14H10F2N2O4/c15-10-3-8(4-11(16)6-10)14(20)17-7-9-5-12(18(21)22)1-2-13(9)19/h1-6,19H,7H2,(H,17,20)/p-1. The average Bonchev–Trinajstić information content (AvgIpc) is 2.44. The van der Waals surface area contributed by atoms with Gasteiger partial charge in [0.25, 0.3) is 11.6 Å². The van der Waals surface area contributed by atoms with Gasteiger partial charge in [-0.25, -0.2) is 8.78 Å². The van der Waals surface area contributed by atoms with Crippen molar-refractivity contribution in [2.24, 2.45) is 0 Å². The first-order chi connectivity index (χ1) is 10.4. The van der Waals surface area contributed by atoms with Crippen LogP contribution in [0.5, 0.6) is 5.75 Å². The molecule has 0 unspecified atom stereocenters. The maximum absolute atomic E-state index is 13.0. The molecule has 0 aliphatic carbocycles. The molecule has 0 aliphatic heterocycles. The van der Waals surface area contributed by atoms with Gasteiger partial charge in [-0.15, -0.1) is 5.75 Å². The summed E-state index contributed by atoms with van der Waals surface area (Å²) in [5.41, 5.74) is -0.546. The number of hydrogen-bond donors (Lipinski definition) is 1. The number of nitrogens with one attached hydrogen (secondary N) is 1. The molecule has 1 N–H and O–H groups in total. The smallest absolute Gasteiger partial charge is 0.269 e. The van der Waals surface area contributed by atoms with Gasteiger partial charge in [-0.05, 0) is 17.7 Å². The molecule has 2 rings (SSSR count). The highest BCUT2D eigenvalue weighted by Gasteiger charge is 2.11. The van der Waals surface area contributed by atoms with Crippen LogP contribution in [0.15, 0.2) is 36.4 Å². The average molecular weight is 307 g/mol. The Hall–Kier alpha value is -3.03. The predicted molar refractivity (Wildman–Crippen MR) is 70.1 cm³/mol. The first-order valence-electron chi connectivity index (χ1n) is 6.05. The zero-order chi connectivity index (χ0) is 16.3. The summed E-state index contributed by atoms with van der Waals surface area (Å²) in [4.78, 5) is 21.7. The zero-order valence-corrected chi connectivity index (χ0v) is 11.0. The van der Waals surface area contributed by atoms with Crippen LogP contribution in [-0.2, 0) is 6.54 Å². The maximum atomic E-state index is 13.0. The minimum Gasteiger partial charge on any atom is -0.872 e. The van der Waals surface area contributed by atoms with E-state index in [1.54, 1.807) is 0 Å². The first-order valence-corrected chi connectivity index (χ1v) is 6.05. The van der Waals surface area contributed by atoms with Crippen molar-refractivity contribution in [3.05, 3.63) is 69.3 Å². The van der Waals surface area contributed by atoms with E-state index in [1.807, 2.05) is 0 Å². The fourth-order valence-corrected chi connectivity index (χ4v) is 1.78. The van der Waals surface area contributed by atoms with Crippen LogP contribution in [0.25, 0.3) is 0 Å². The van der Waals surface area contributed by atoms with Gasteiger partial charge in [0, 0.05) is 30.3 Å². The van der Waals surface area contributed by atoms with Crippen LogP contribution in [-0.4, -0.2) is 10.8 Å². The number of rotatable bonds is 4. The zero-order valence-electron chi connectivity index (χ0n) is 11.0. The van der Waals surface area contributed by atoms with Crippen molar-refractivity contribution in [2.75, 3.05) is 0 Å². The molecular formula is C14H9F2N2O4-. The minimum absolute atomic E-state index is 0.000532. The van der Waals surface area contributed by atoms with Crippen molar-refractivity contribution in [1.29, 1.82) is 0 Å². The summed E-state index contributed by atoms with van der Waals surface area (Å²) in [7, 11) is 0. The van der Waals surface area contributed by atoms with E-state index in [1.165, 1.54) is 0 Å². The van der Waals surface area contributed by atoms with E-state index in [0.29, 0.717) is 6.07 Å². The lowest BCUT2D eigenvalue weighted by molar-refractivity contribution is -0.385. The Bertz CT molecular complexity index is 729. The number of benzene rings is 2. The molecule has 2 aromatic carbocycles. The molecule has 8 heteroatoms. The van der Waals surface area contributed by atoms with Crippen LogP contribution in [0.2, 0.25) is 0 Å². The van der Waals surface area contributed by atoms with Crippen LogP contribution in [0.1, 0.15) is 15.9 Å². The number of hydrogen-bond acceptors (Lipinski definition) is 4. The lowest BCUT2D eigenvalue weighted by Crippen LogP contribution is -2.23. The summed E-state index contributed by atoms with van der Waals surface area (Å²) in [6, 6.07) is 5.40. The second kappa shape index (κ2) is 6.17. The van der Waals surface area contributed by atoms with E-state index in [4.69, 9.17) is 0 Å². The first kappa shape index (κ1) is 15.4. The third kappa shape index (κ3) is 3.54. The number of amides is 1. The molecule has 1 amide bonds. The monoisotopic (exact) mass is 307 g/mol. The van der Waals surface area contributed by atoms with E-state index in [9.17, 15) is 28.8 Å². The summed E-state index contributed by atoms with van der Waals surface area (Å²) in [5.74, 6) is -3.12. The highest BCUT2D eigenvalue weighted by Crippen LogP contribution is 2.20. The molecule has 2 aromatic rings. The molecule has 0 aliphatic rings. The number of non-ortho nitro benzene ring substituents is 1. The molecule has 22 heavy (non-hydrogen) atoms. The molecule has 0 radical (unpaired) electrons. The van der Waals surface area contributed by atoms with Crippen LogP contribution >= 0.6 is 0 Å². The minimum atomic E-state index is -0.912. The van der Waals surface area contributed by atoms with Gasteiger partial charge in [-0.3, -0.25) is 14.9 Å². The number of halogens is 2. The van der Waals surface area contributed by atoms with Crippen molar-refractivity contribution in [2.45, 2.75) is 6.54 Å². The topological polar surface area (TPSA) is 95.3 Å². The summed E-state index contributed by atoms with van der Waals surface area (Å²) in [6.07, 6.45) is 0. The summed E-state index contributed by atoms with van der Waals surface area (Å²) >= 11 is 0. The third-order valence-corrected chi connectivity index (χ3v) is 2.82. The molecule has 0 atom stereocenters. The van der Waals surface area contributed by atoms with Gasteiger partial charge >= 0.3 is 0 Å². The van der Waals surface area contributed by atoms with Gasteiger partial charge in [0.15, 0.2) is 0 Å². The summed E-state index contributed by atoms with van der Waals surface area (Å²) in [6.45, 7) is -0.294. The highest BCUT2D eigenvalue weighted by molar-refractivity contribution is 5.94. The SMILES string of the molecule is O=C(NCc1cc([N+](=O)[O-])ccc1[O-])c1cc(F)cc(F)c1. The largest absolute Gasteiger partial charge is 0.872 e. The van der Waals surface area contributed by atoms with E-state index in [0.717, 1.165) is 30.3 Å².